The third-order valence-corrected chi connectivity index (χ3v) is 3.12. The molecule has 0 bridgehead atoms. The van der Waals surface area contributed by atoms with Crippen LogP contribution >= 0.6 is 0 Å². The lowest BCUT2D eigenvalue weighted by Crippen LogP contribution is -2.13. The Morgan fingerprint density at radius 1 is 1.28 bits per heavy atom. The van der Waals surface area contributed by atoms with Crippen LogP contribution in [0.25, 0.3) is 0 Å². The Bertz CT molecular complexity index is 446. The normalized spacial score (nSPS) is 10.9. The van der Waals surface area contributed by atoms with Gasteiger partial charge in [0.05, 0.1) is 6.61 Å². The molecule has 0 fully saturated rings. The summed E-state index contributed by atoms with van der Waals surface area (Å²) in [5, 5.41) is 9.23. The van der Waals surface area contributed by atoms with Gasteiger partial charge in [-0.05, 0) is 50.8 Å². The van der Waals surface area contributed by atoms with Crippen LogP contribution in [0.3, 0.4) is 0 Å². The van der Waals surface area contributed by atoms with Crippen molar-refractivity contribution in [1.29, 1.82) is 0 Å². The maximum atomic E-state index is 9.23. The van der Waals surface area contributed by atoms with Crippen LogP contribution in [0.4, 0.5) is 0 Å². The number of rotatable bonds is 4. The molecule has 0 unspecified atom stereocenters. The highest BCUT2D eigenvalue weighted by Crippen LogP contribution is 2.18. The van der Waals surface area contributed by atoms with E-state index >= 15 is 0 Å². The smallest absolute Gasteiger partial charge is 0.0591 e. The van der Waals surface area contributed by atoms with E-state index in [2.05, 4.69) is 43.9 Å². The predicted octanol–water partition coefficient (Wildman–Crippen LogP) is 3.71. The summed E-state index contributed by atoms with van der Waals surface area (Å²) >= 11 is 0. The van der Waals surface area contributed by atoms with Gasteiger partial charge in [-0.25, -0.2) is 0 Å². The molecule has 1 heteroatoms. The monoisotopic (exact) mass is 244 g/mol. The van der Waals surface area contributed by atoms with E-state index < -0.39 is 0 Å². The molecule has 0 atom stereocenters. The van der Waals surface area contributed by atoms with Gasteiger partial charge >= 0.3 is 0 Å². The van der Waals surface area contributed by atoms with Crippen LogP contribution in [0.2, 0.25) is 0 Å². The Morgan fingerprint density at radius 3 is 2.61 bits per heavy atom. The van der Waals surface area contributed by atoms with Gasteiger partial charge in [-0.15, -0.1) is 0 Å². The second kappa shape index (κ2) is 6.61. The fourth-order valence-corrected chi connectivity index (χ4v) is 1.78. The molecule has 1 N–H and O–H groups in total. The average Bonchev–Trinajstić information content (AvgIpc) is 2.35. The molecule has 1 aromatic rings. The van der Waals surface area contributed by atoms with Gasteiger partial charge in [0, 0.05) is 11.0 Å². The van der Waals surface area contributed by atoms with Gasteiger partial charge in [0.1, 0.15) is 0 Å². The molecule has 0 saturated carbocycles. The van der Waals surface area contributed by atoms with Crippen molar-refractivity contribution in [3.05, 3.63) is 34.9 Å². The Labute approximate surface area is 111 Å². The van der Waals surface area contributed by atoms with Crippen LogP contribution in [0.15, 0.2) is 18.2 Å². The number of benzene rings is 1. The molecule has 1 aromatic carbocycles. The number of aliphatic hydroxyl groups is 1. The maximum Gasteiger partial charge on any atom is 0.0591 e. The maximum absolute atomic E-state index is 9.23. The van der Waals surface area contributed by atoms with E-state index in [9.17, 15) is 5.11 Å². The van der Waals surface area contributed by atoms with Crippen LogP contribution in [-0.2, 0) is 6.42 Å². The van der Waals surface area contributed by atoms with Gasteiger partial charge in [0.2, 0.25) is 0 Å². The minimum atomic E-state index is -0.328. The van der Waals surface area contributed by atoms with Crippen molar-refractivity contribution in [1.82, 2.24) is 0 Å². The number of aliphatic hydroxyl groups excluding tert-OH is 1. The highest BCUT2D eigenvalue weighted by Gasteiger charge is 2.12. The lowest BCUT2D eigenvalue weighted by molar-refractivity contribution is 0.206. The standard InChI is InChI=1S/C17H24O/c1-5-6-10-16-14(2)8-7-9-15(16)11-12-17(3,4)13-18/h7-9,18H,5-6,10,13H2,1-4H3. The van der Waals surface area contributed by atoms with E-state index in [1.807, 2.05) is 13.8 Å². The Morgan fingerprint density at radius 2 is 2.00 bits per heavy atom. The molecule has 0 spiro atoms. The zero-order valence-electron chi connectivity index (χ0n) is 12.0. The minimum absolute atomic E-state index is 0.0934. The second-order valence-corrected chi connectivity index (χ2v) is 5.50. The van der Waals surface area contributed by atoms with E-state index in [4.69, 9.17) is 0 Å². The molecule has 0 radical (unpaired) electrons. The van der Waals surface area contributed by atoms with Crippen LogP contribution in [0.5, 0.6) is 0 Å². The van der Waals surface area contributed by atoms with Gasteiger partial charge in [0.15, 0.2) is 0 Å². The van der Waals surface area contributed by atoms with Crippen molar-refractivity contribution in [2.24, 2.45) is 5.41 Å². The lowest BCUT2D eigenvalue weighted by Gasteiger charge is -2.13. The summed E-state index contributed by atoms with van der Waals surface area (Å²) < 4.78 is 0. The molecule has 1 rings (SSSR count). The summed E-state index contributed by atoms with van der Waals surface area (Å²) in [5.41, 5.74) is 3.47. The van der Waals surface area contributed by atoms with Gasteiger partial charge in [-0.3, -0.25) is 0 Å². The minimum Gasteiger partial charge on any atom is -0.395 e. The zero-order chi connectivity index (χ0) is 13.6. The van der Waals surface area contributed by atoms with Crippen LogP contribution < -0.4 is 0 Å². The summed E-state index contributed by atoms with van der Waals surface area (Å²) in [6.07, 6.45) is 3.49. The van der Waals surface area contributed by atoms with Crippen molar-refractivity contribution in [3.63, 3.8) is 0 Å². The summed E-state index contributed by atoms with van der Waals surface area (Å²) in [4.78, 5) is 0. The second-order valence-electron chi connectivity index (χ2n) is 5.50. The molecule has 98 valence electrons. The molecule has 0 aliphatic heterocycles. The van der Waals surface area contributed by atoms with Gasteiger partial charge in [-0.1, -0.05) is 37.3 Å². The van der Waals surface area contributed by atoms with E-state index in [1.165, 1.54) is 24.0 Å². The molecule has 0 aliphatic carbocycles. The average molecular weight is 244 g/mol. The summed E-state index contributed by atoms with van der Waals surface area (Å²) in [7, 11) is 0. The van der Waals surface area contributed by atoms with Crippen molar-refractivity contribution < 1.29 is 5.11 Å². The van der Waals surface area contributed by atoms with Gasteiger partial charge in [0.25, 0.3) is 0 Å². The Kier molecular flexibility index (Phi) is 5.44. The summed E-state index contributed by atoms with van der Waals surface area (Å²) in [6, 6.07) is 6.28. The molecule has 1 nitrogen and oxygen atoms in total. The van der Waals surface area contributed by atoms with Crippen molar-refractivity contribution in [3.8, 4) is 11.8 Å². The number of hydrogen-bond donors (Lipinski definition) is 1. The number of aryl methyl sites for hydroxylation is 1. The molecule has 18 heavy (non-hydrogen) atoms. The first kappa shape index (κ1) is 14.8. The molecular weight excluding hydrogens is 220 g/mol. The third kappa shape index (κ3) is 4.20. The highest BCUT2D eigenvalue weighted by atomic mass is 16.3. The Hall–Kier alpha value is -1.26. The molecule has 0 saturated heterocycles. The van der Waals surface area contributed by atoms with Crippen molar-refractivity contribution >= 4 is 0 Å². The van der Waals surface area contributed by atoms with Gasteiger partial charge in [-0.2, -0.15) is 0 Å². The zero-order valence-corrected chi connectivity index (χ0v) is 12.0. The predicted molar refractivity (Wildman–Crippen MR) is 77.5 cm³/mol. The fraction of sp³-hybridized carbons (Fsp3) is 0.529. The Balaban J connectivity index is 3.05. The van der Waals surface area contributed by atoms with Gasteiger partial charge < -0.3 is 5.11 Å². The fourth-order valence-electron chi connectivity index (χ4n) is 1.78. The summed E-state index contributed by atoms with van der Waals surface area (Å²) in [5.74, 6) is 6.41. The van der Waals surface area contributed by atoms with Crippen LogP contribution in [0.1, 0.15) is 50.3 Å². The first-order valence-corrected chi connectivity index (χ1v) is 6.72. The number of hydrogen-bond acceptors (Lipinski definition) is 1. The van der Waals surface area contributed by atoms with Crippen LogP contribution in [-0.4, -0.2) is 11.7 Å². The van der Waals surface area contributed by atoms with E-state index in [0.717, 1.165) is 12.0 Å². The van der Waals surface area contributed by atoms with Crippen molar-refractivity contribution in [2.45, 2.75) is 47.0 Å². The molecule has 0 heterocycles. The quantitative estimate of drug-likeness (QED) is 0.801. The first-order valence-electron chi connectivity index (χ1n) is 6.72. The molecular formula is C17H24O. The lowest BCUT2D eigenvalue weighted by atomic mass is 9.93. The number of unbranched alkanes of at least 4 members (excludes halogenated alkanes) is 1. The molecule has 0 amide bonds. The first-order chi connectivity index (χ1) is 8.50. The van der Waals surface area contributed by atoms with E-state index in [1.54, 1.807) is 0 Å². The van der Waals surface area contributed by atoms with Crippen molar-refractivity contribution in [2.75, 3.05) is 6.61 Å². The topological polar surface area (TPSA) is 20.2 Å². The highest BCUT2D eigenvalue weighted by molar-refractivity contribution is 5.46. The molecule has 0 aromatic heterocycles. The third-order valence-electron chi connectivity index (χ3n) is 3.12. The largest absolute Gasteiger partial charge is 0.395 e. The van der Waals surface area contributed by atoms with Crippen LogP contribution in [0, 0.1) is 24.2 Å². The molecule has 0 aliphatic rings. The summed E-state index contributed by atoms with van der Waals surface area (Å²) in [6.45, 7) is 8.37. The van der Waals surface area contributed by atoms with E-state index in [-0.39, 0.29) is 12.0 Å². The SMILES string of the molecule is CCCCc1c(C)cccc1C#CC(C)(C)CO. The van der Waals surface area contributed by atoms with E-state index in [0.29, 0.717) is 0 Å².